The number of hydrogen-bond acceptors (Lipinski definition) is 5. The van der Waals surface area contributed by atoms with Gasteiger partial charge in [-0.3, -0.25) is 4.79 Å². The average molecular weight is 361 g/mol. The molecule has 0 saturated carbocycles. The maximum atomic E-state index is 11.8. The molecule has 0 spiro atoms. The van der Waals surface area contributed by atoms with E-state index in [9.17, 15) is 9.59 Å². The summed E-state index contributed by atoms with van der Waals surface area (Å²) in [5.41, 5.74) is 4.06. The third-order valence-corrected chi connectivity index (χ3v) is 3.49. The molecule has 1 N–H and O–H groups in total. The molecule has 0 fully saturated rings. The molecule has 0 heterocycles. The molecule has 2 rings (SSSR count). The van der Waals surface area contributed by atoms with E-state index in [2.05, 4.69) is 10.5 Å². The van der Waals surface area contributed by atoms with Crippen molar-refractivity contribution in [3.8, 4) is 5.75 Å². The zero-order chi connectivity index (χ0) is 18.2. The molecule has 0 aromatic heterocycles. The molecule has 7 heteroatoms. The Morgan fingerprint density at radius 3 is 2.72 bits per heavy atom. The zero-order valence-corrected chi connectivity index (χ0v) is 14.5. The minimum Gasteiger partial charge on any atom is -0.483 e. The van der Waals surface area contributed by atoms with Gasteiger partial charge in [0.25, 0.3) is 5.91 Å². The lowest BCUT2D eigenvalue weighted by Gasteiger charge is -2.08. The Balaban J connectivity index is 1.92. The number of carbonyl (C=O) groups excluding carboxylic acids is 2. The van der Waals surface area contributed by atoms with Gasteiger partial charge in [-0.25, -0.2) is 10.2 Å². The number of carbonyl (C=O) groups is 2. The van der Waals surface area contributed by atoms with Crippen molar-refractivity contribution in [3.05, 3.63) is 64.2 Å². The van der Waals surface area contributed by atoms with Gasteiger partial charge < -0.3 is 9.47 Å². The number of methoxy groups -OCH3 is 1. The topological polar surface area (TPSA) is 77.0 Å². The van der Waals surface area contributed by atoms with Gasteiger partial charge in [0.05, 0.1) is 18.9 Å². The standard InChI is InChI=1S/C18H17ClN2O4/c1-12-9-14(19)7-8-16(12)25-11-17(22)21-20-10-13-5-3-4-6-15(13)18(23)24-2/h3-10H,11H2,1-2H3,(H,21,22)/b20-10-. The van der Waals surface area contributed by atoms with Gasteiger partial charge in [-0.1, -0.05) is 29.8 Å². The van der Waals surface area contributed by atoms with E-state index in [4.69, 9.17) is 21.1 Å². The van der Waals surface area contributed by atoms with E-state index < -0.39 is 11.9 Å². The molecule has 0 bridgehead atoms. The fourth-order valence-electron chi connectivity index (χ4n) is 2.03. The van der Waals surface area contributed by atoms with Gasteiger partial charge in [0, 0.05) is 10.6 Å². The molecule has 0 radical (unpaired) electrons. The highest BCUT2D eigenvalue weighted by Crippen LogP contribution is 2.21. The molecular weight excluding hydrogens is 344 g/mol. The van der Waals surface area contributed by atoms with E-state index in [0.29, 0.717) is 21.9 Å². The Hall–Kier alpha value is -2.86. The summed E-state index contributed by atoms with van der Waals surface area (Å²) < 4.78 is 10.1. The van der Waals surface area contributed by atoms with Gasteiger partial charge in [0.15, 0.2) is 6.61 Å². The van der Waals surface area contributed by atoms with Crippen LogP contribution in [0.1, 0.15) is 21.5 Å². The van der Waals surface area contributed by atoms with E-state index in [-0.39, 0.29) is 6.61 Å². The third kappa shape index (κ3) is 5.32. The van der Waals surface area contributed by atoms with Crippen molar-refractivity contribution in [1.82, 2.24) is 5.43 Å². The molecule has 1 amide bonds. The van der Waals surface area contributed by atoms with Gasteiger partial charge in [0.2, 0.25) is 0 Å². The summed E-state index contributed by atoms with van der Waals surface area (Å²) in [7, 11) is 1.30. The molecule has 6 nitrogen and oxygen atoms in total. The van der Waals surface area contributed by atoms with Crippen molar-refractivity contribution in [3.63, 3.8) is 0 Å². The Labute approximate surface area is 150 Å². The first-order chi connectivity index (χ1) is 12.0. The highest BCUT2D eigenvalue weighted by Gasteiger charge is 2.09. The monoisotopic (exact) mass is 360 g/mol. The number of nitrogens with one attached hydrogen (secondary N) is 1. The Kier molecular flexibility index (Phi) is 6.54. The number of benzene rings is 2. The van der Waals surface area contributed by atoms with Gasteiger partial charge in [0.1, 0.15) is 5.75 Å². The molecule has 0 unspecified atom stereocenters. The summed E-state index contributed by atoms with van der Waals surface area (Å²) >= 11 is 5.86. The fraction of sp³-hybridized carbons (Fsp3) is 0.167. The molecule has 130 valence electrons. The number of halogens is 1. The number of hydrogen-bond donors (Lipinski definition) is 1. The third-order valence-electron chi connectivity index (χ3n) is 3.25. The Morgan fingerprint density at radius 1 is 1.24 bits per heavy atom. The zero-order valence-electron chi connectivity index (χ0n) is 13.8. The van der Waals surface area contributed by atoms with Gasteiger partial charge >= 0.3 is 5.97 Å². The molecule has 0 aliphatic carbocycles. The second-order valence-electron chi connectivity index (χ2n) is 5.07. The highest BCUT2D eigenvalue weighted by atomic mass is 35.5. The van der Waals surface area contributed by atoms with Crippen LogP contribution in [0.4, 0.5) is 0 Å². The number of amides is 1. The van der Waals surface area contributed by atoms with E-state index in [1.54, 1.807) is 42.5 Å². The van der Waals surface area contributed by atoms with Crippen molar-refractivity contribution in [1.29, 1.82) is 0 Å². The molecule has 0 saturated heterocycles. The van der Waals surface area contributed by atoms with E-state index in [0.717, 1.165) is 5.56 Å². The van der Waals surface area contributed by atoms with Crippen LogP contribution in [0.15, 0.2) is 47.6 Å². The van der Waals surface area contributed by atoms with E-state index in [1.165, 1.54) is 13.3 Å². The summed E-state index contributed by atoms with van der Waals surface area (Å²) in [6, 6.07) is 11.9. The molecule has 0 aliphatic rings. The lowest BCUT2D eigenvalue weighted by Crippen LogP contribution is -2.24. The van der Waals surface area contributed by atoms with Gasteiger partial charge in [-0.05, 0) is 36.8 Å². The predicted molar refractivity (Wildman–Crippen MR) is 95.2 cm³/mol. The SMILES string of the molecule is COC(=O)c1ccccc1/C=N\NC(=O)COc1ccc(Cl)cc1C. The van der Waals surface area contributed by atoms with Crippen LogP contribution in [-0.4, -0.2) is 31.8 Å². The summed E-state index contributed by atoms with van der Waals surface area (Å²) in [4.78, 5) is 23.4. The fourth-order valence-corrected chi connectivity index (χ4v) is 2.26. The van der Waals surface area contributed by atoms with Crippen LogP contribution in [0.2, 0.25) is 5.02 Å². The van der Waals surface area contributed by atoms with Gasteiger partial charge in [-0.15, -0.1) is 0 Å². The highest BCUT2D eigenvalue weighted by molar-refractivity contribution is 6.30. The van der Waals surface area contributed by atoms with Crippen molar-refractivity contribution in [2.45, 2.75) is 6.92 Å². The number of rotatable bonds is 6. The van der Waals surface area contributed by atoms with E-state index >= 15 is 0 Å². The maximum absolute atomic E-state index is 11.8. The minimum absolute atomic E-state index is 0.196. The van der Waals surface area contributed by atoms with Crippen molar-refractivity contribution >= 4 is 29.7 Å². The molecule has 2 aromatic carbocycles. The molecule has 25 heavy (non-hydrogen) atoms. The first kappa shape index (κ1) is 18.5. The summed E-state index contributed by atoms with van der Waals surface area (Å²) in [5, 5.41) is 4.43. The summed E-state index contributed by atoms with van der Waals surface area (Å²) in [6.07, 6.45) is 1.37. The quantitative estimate of drug-likeness (QED) is 0.488. The van der Waals surface area contributed by atoms with Crippen LogP contribution in [0.25, 0.3) is 0 Å². The second kappa shape index (κ2) is 8.84. The van der Waals surface area contributed by atoms with Crippen molar-refractivity contribution in [2.24, 2.45) is 5.10 Å². The normalized spacial score (nSPS) is 10.5. The lowest BCUT2D eigenvalue weighted by atomic mass is 10.1. The maximum Gasteiger partial charge on any atom is 0.338 e. The van der Waals surface area contributed by atoms with E-state index in [1.807, 2.05) is 6.92 Å². The first-order valence-corrected chi connectivity index (χ1v) is 7.77. The Morgan fingerprint density at radius 2 is 2.00 bits per heavy atom. The number of hydrazone groups is 1. The average Bonchev–Trinajstić information content (AvgIpc) is 2.60. The number of nitrogens with zero attached hydrogens (tertiary/aromatic N) is 1. The molecule has 2 aromatic rings. The van der Waals surface area contributed by atoms with Crippen molar-refractivity contribution in [2.75, 3.05) is 13.7 Å². The number of ether oxygens (including phenoxy) is 2. The molecular formula is C18H17ClN2O4. The van der Waals surface area contributed by atoms with Crippen LogP contribution in [0.5, 0.6) is 5.75 Å². The molecule has 0 atom stereocenters. The summed E-state index contributed by atoms with van der Waals surface area (Å²) in [6.45, 7) is 1.64. The van der Waals surface area contributed by atoms with Crippen LogP contribution in [0, 0.1) is 6.92 Å². The smallest absolute Gasteiger partial charge is 0.338 e. The van der Waals surface area contributed by atoms with Crippen LogP contribution in [-0.2, 0) is 9.53 Å². The lowest BCUT2D eigenvalue weighted by molar-refractivity contribution is -0.123. The molecule has 0 aliphatic heterocycles. The summed E-state index contributed by atoms with van der Waals surface area (Å²) in [5.74, 6) is -0.337. The van der Waals surface area contributed by atoms with Gasteiger partial charge in [-0.2, -0.15) is 5.10 Å². The van der Waals surface area contributed by atoms with Crippen LogP contribution >= 0.6 is 11.6 Å². The minimum atomic E-state index is -0.477. The largest absolute Gasteiger partial charge is 0.483 e. The Bertz CT molecular complexity index is 805. The van der Waals surface area contributed by atoms with Crippen molar-refractivity contribution < 1.29 is 19.1 Å². The number of esters is 1. The van der Waals surface area contributed by atoms with Crippen LogP contribution < -0.4 is 10.2 Å². The predicted octanol–water partition coefficient (Wildman–Crippen LogP) is 2.96. The van der Waals surface area contributed by atoms with Crippen LogP contribution in [0.3, 0.4) is 0 Å². The number of aryl methyl sites for hydroxylation is 1. The first-order valence-electron chi connectivity index (χ1n) is 7.39. The second-order valence-corrected chi connectivity index (χ2v) is 5.51.